The van der Waals surface area contributed by atoms with E-state index in [1.54, 1.807) is 30.3 Å². The van der Waals surface area contributed by atoms with Crippen LogP contribution in [0.3, 0.4) is 0 Å². The summed E-state index contributed by atoms with van der Waals surface area (Å²) in [6, 6.07) is 14.2. The molecule has 2 aromatic rings. The lowest BCUT2D eigenvalue weighted by atomic mass is 10.1. The minimum atomic E-state index is -0.185. The van der Waals surface area contributed by atoms with Crippen LogP contribution in [0, 0.1) is 0 Å². The Morgan fingerprint density at radius 1 is 0.958 bits per heavy atom. The Morgan fingerprint density at radius 3 is 2.25 bits per heavy atom. The molecule has 4 nitrogen and oxygen atoms in total. The third-order valence-electron chi connectivity index (χ3n) is 4.18. The molecule has 1 heterocycles. The van der Waals surface area contributed by atoms with Crippen LogP contribution < -0.4 is 5.32 Å². The summed E-state index contributed by atoms with van der Waals surface area (Å²) in [5.74, 6) is -0.148. The average Bonchev–Trinajstić information content (AvgIpc) is 3.15. The van der Waals surface area contributed by atoms with Crippen molar-refractivity contribution in [1.82, 2.24) is 10.2 Å². The number of hydrogen-bond acceptors (Lipinski definition) is 2. The lowest BCUT2D eigenvalue weighted by Gasteiger charge is -2.15. The van der Waals surface area contributed by atoms with Crippen molar-refractivity contribution in [3.05, 3.63) is 70.2 Å². The monoisotopic (exact) mass is 342 g/mol. The van der Waals surface area contributed by atoms with Crippen LogP contribution in [0.4, 0.5) is 0 Å². The van der Waals surface area contributed by atoms with Gasteiger partial charge < -0.3 is 10.2 Å². The van der Waals surface area contributed by atoms with Gasteiger partial charge in [0.2, 0.25) is 0 Å². The van der Waals surface area contributed by atoms with Gasteiger partial charge in [0.25, 0.3) is 11.8 Å². The van der Waals surface area contributed by atoms with Gasteiger partial charge in [-0.25, -0.2) is 0 Å². The summed E-state index contributed by atoms with van der Waals surface area (Å²) in [5, 5.41) is 3.47. The number of benzene rings is 2. The molecule has 2 aromatic carbocycles. The highest BCUT2D eigenvalue weighted by atomic mass is 35.5. The van der Waals surface area contributed by atoms with E-state index in [0.29, 0.717) is 22.7 Å². The molecule has 5 heteroatoms. The first kappa shape index (κ1) is 16.5. The maximum atomic E-state index is 12.3. The molecule has 0 unspecified atom stereocenters. The number of carbonyl (C=O) groups excluding carboxylic acids is 2. The molecular formula is C19H19ClN2O2. The molecule has 0 saturated carbocycles. The van der Waals surface area contributed by atoms with Crippen LogP contribution in [0.15, 0.2) is 48.5 Å². The first-order valence-corrected chi connectivity index (χ1v) is 8.44. The van der Waals surface area contributed by atoms with Crippen LogP contribution in [0.1, 0.15) is 39.1 Å². The summed E-state index contributed by atoms with van der Waals surface area (Å²) in [5.41, 5.74) is 2.02. The van der Waals surface area contributed by atoms with E-state index in [-0.39, 0.29) is 11.8 Å². The van der Waals surface area contributed by atoms with Gasteiger partial charge >= 0.3 is 0 Å². The molecule has 24 heavy (non-hydrogen) atoms. The first-order chi connectivity index (χ1) is 11.6. The van der Waals surface area contributed by atoms with Crippen molar-refractivity contribution in [2.24, 2.45) is 0 Å². The minimum absolute atomic E-state index is 0.0375. The predicted octanol–water partition coefficient (Wildman–Crippen LogP) is 3.51. The number of rotatable bonds is 4. The maximum Gasteiger partial charge on any atom is 0.253 e. The lowest BCUT2D eigenvalue weighted by Crippen LogP contribution is -2.27. The predicted molar refractivity (Wildman–Crippen MR) is 94.2 cm³/mol. The number of nitrogens with zero attached hydrogens (tertiary/aromatic N) is 1. The molecule has 0 spiro atoms. The number of likely N-dealkylation sites (tertiary alicyclic amines) is 1. The van der Waals surface area contributed by atoms with E-state index in [0.717, 1.165) is 31.5 Å². The van der Waals surface area contributed by atoms with Crippen LogP contribution in [-0.2, 0) is 6.54 Å². The maximum absolute atomic E-state index is 12.3. The van der Waals surface area contributed by atoms with E-state index in [1.165, 1.54) is 0 Å². The third-order valence-corrected chi connectivity index (χ3v) is 4.55. The number of hydrogen-bond donors (Lipinski definition) is 1. The van der Waals surface area contributed by atoms with Crippen molar-refractivity contribution in [3.8, 4) is 0 Å². The molecule has 3 rings (SSSR count). The highest BCUT2D eigenvalue weighted by Crippen LogP contribution is 2.15. The summed E-state index contributed by atoms with van der Waals surface area (Å²) >= 11 is 6.08. The molecule has 1 aliphatic heterocycles. The molecule has 1 saturated heterocycles. The molecule has 124 valence electrons. The van der Waals surface area contributed by atoms with Crippen molar-refractivity contribution < 1.29 is 9.59 Å². The van der Waals surface area contributed by atoms with E-state index in [9.17, 15) is 9.59 Å². The van der Waals surface area contributed by atoms with E-state index in [4.69, 9.17) is 11.6 Å². The van der Waals surface area contributed by atoms with Crippen LogP contribution in [0.2, 0.25) is 5.02 Å². The normalized spacial score (nSPS) is 13.8. The standard InChI is InChI=1S/C19H19ClN2O2/c20-17-6-2-1-5-16(17)13-21-18(23)14-7-9-15(10-8-14)19(24)22-11-3-4-12-22/h1-2,5-10H,3-4,11-13H2,(H,21,23). The fourth-order valence-corrected chi connectivity index (χ4v) is 2.99. The van der Waals surface area contributed by atoms with Crippen molar-refractivity contribution in [1.29, 1.82) is 0 Å². The molecule has 1 N–H and O–H groups in total. The van der Waals surface area contributed by atoms with E-state index in [2.05, 4.69) is 5.32 Å². The highest BCUT2D eigenvalue weighted by Gasteiger charge is 2.19. The van der Waals surface area contributed by atoms with Gasteiger partial charge in [-0.3, -0.25) is 9.59 Å². The van der Waals surface area contributed by atoms with Crippen LogP contribution in [0.25, 0.3) is 0 Å². The average molecular weight is 343 g/mol. The van der Waals surface area contributed by atoms with Crippen molar-refractivity contribution in [3.63, 3.8) is 0 Å². The topological polar surface area (TPSA) is 49.4 Å². The van der Waals surface area contributed by atoms with Gasteiger partial charge in [0.05, 0.1) is 0 Å². The molecule has 0 aromatic heterocycles. The van der Waals surface area contributed by atoms with E-state index in [1.807, 2.05) is 23.1 Å². The second-order valence-corrected chi connectivity index (χ2v) is 6.26. The Bertz CT molecular complexity index is 737. The van der Waals surface area contributed by atoms with Gasteiger partial charge in [-0.05, 0) is 48.7 Å². The van der Waals surface area contributed by atoms with Crippen molar-refractivity contribution in [2.75, 3.05) is 13.1 Å². The number of nitrogens with one attached hydrogen (secondary N) is 1. The number of halogens is 1. The second-order valence-electron chi connectivity index (χ2n) is 5.85. The molecule has 2 amide bonds. The van der Waals surface area contributed by atoms with Gasteiger partial charge in [0.1, 0.15) is 0 Å². The molecular weight excluding hydrogens is 324 g/mol. The SMILES string of the molecule is O=C(NCc1ccccc1Cl)c1ccc(C(=O)N2CCCC2)cc1. The Balaban J connectivity index is 1.61. The van der Waals surface area contributed by atoms with Gasteiger partial charge in [-0.15, -0.1) is 0 Å². The molecule has 1 fully saturated rings. The fourth-order valence-electron chi connectivity index (χ4n) is 2.79. The van der Waals surface area contributed by atoms with Crippen molar-refractivity contribution >= 4 is 23.4 Å². The summed E-state index contributed by atoms with van der Waals surface area (Å²) in [7, 11) is 0. The summed E-state index contributed by atoms with van der Waals surface area (Å²) in [4.78, 5) is 26.4. The minimum Gasteiger partial charge on any atom is -0.348 e. The zero-order valence-electron chi connectivity index (χ0n) is 13.3. The summed E-state index contributed by atoms with van der Waals surface area (Å²) in [6.45, 7) is 2.00. The molecule has 0 atom stereocenters. The third kappa shape index (κ3) is 3.77. The van der Waals surface area contributed by atoms with Crippen LogP contribution in [0.5, 0.6) is 0 Å². The van der Waals surface area contributed by atoms with E-state index >= 15 is 0 Å². The quantitative estimate of drug-likeness (QED) is 0.924. The molecule has 0 bridgehead atoms. The number of amides is 2. The van der Waals surface area contributed by atoms with Gasteiger partial charge in [-0.2, -0.15) is 0 Å². The van der Waals surface area contributed by atoms with Gasteiger partial charge in [0, 0.05) is 35.8 Å². The Hall–Kier alpha value is -2.33. The van der Waals surface area contributed by atoms with Gasteiger partial charge in [0.15, 0.2) is 0 Å². The first-order valence-electron chi connectivity index (χ1n) is 8.06. The van der Waals surface area contributed by atoms with E-state index < -0.39 is 0 Å². The van der Waals surface area contributed by atoms with Gasteiger partial charge in [-0.1, -0.05) is 29.8 Å². The zero-order chi connectivity index (χ0) is 16.9. The Labute approximate surface area is 146 Å². The van der Waals surface area contributed by atoms with Crippen LogP contribution >= 0.6 is 11.6 Å². The molecule has 0 radical (unpaired) electrons. The smallest absolute Gasteiger partial charge is 0.253 e. The largest absolute Gasteiger partial charge is 0.348 e. The summed E-state index contributed by atoms with van der Waals surface area (Å²) < 4.78 is 0. The summed E-state index contributed by atoms with van der Waals surface area (Å²) in [6.07, 6.45) is 2.13. The Kier molecular flexibility index (Phi) is 5.16. The van der Waals surface area contributed by atoms with Crippen LogP contribution in [-0.4, -0.2) is 29.8 Å². The molecule has 1 aliphatic rings. The van der Waals surface area contributed by atoms with Crippen molar-refractivity contribution in [2.45, 2.75) is 19.4 Å². The Morgan fingerprint density at radius 2 is 1.58 bits per heavy atom. The second kappa shape index (κ2) is 7.49. The fraction of sp³-hybridized carbons (Fsp3) is 0.263. The molecule has 0 aliphatic carbocycles. The number of carbonyl (C=O) groups is 2. The zero-order valence-corrected chi connectivity index (χ0v) is 14.1. The highest BCUT2D eigenvalue weighted by molar-refractivity contribution is 6.31. The lowest BCUT2D eigenvalue weighted by molar-refractivity contribution is 0.0792.